The van der Waals surface area contributed by atoms with E-state index in [4.69, 9.17) is 19.9 Å². The van der Waals surface area contributed by atoms with Crippen molar-refractivity contribution < 1.29 is 28.6 Å². The average Bonchev–Trinajstić information content (AvgIpc) is 3.22. The number of thiophene rings is 1. The molecule has 32 heavy (non-hydrogen) atoms. The van der Waals surface area contributed by atoms with E-state index in [1.165, 1.54) is 0 Å². The number of aromatic amines is 1. The molecule has 0 unspecified atom stereocenters. The highest BCUT2D eigenvalue weighted by molar-refractivity contribution is 7.20. The second-order valence-electron chi connectivity index (χ2n) is 6.90. The van der Waals surface area contributed by atoms with Crippen LogP contribution in [0.25, 0.3) is 10.2 Å². The fraction of sp³-hybridized carbons (Fsp3) is 0.381. The Kier molecular flexibility index (Phi) is 6.78. The predicted octanol–water partition coefficient (Wildman–Crippen LogP) is 3.24. The lowest BCUT2D eigenvalue weighted by atomic mass is 10.1. The van der Waals surface area contributed by atoms with E-state index in [0.29, 0.717) is 37.5 Å². The number of nitrogens with zero attached hydrogens (tertiary/aromatic N) is 2. The molecule has 3 aromatic heterocycles. The molecular weight excluding hydrogens is 436 g/mol. The van der Waals surface area contributed by atoms with E-state index in [0.717, 1.165) is 11.3 Å². The van der Waals surface area contributed by atoms with Crippen molar-refractivity contribution in [3.05, 3.63) is 38.8 Å². The summed E-state index contributed by atoms with van der Waals surface area (Å²) in [7, 11) is 0. The largest absolute Gasteiger partial charge is 0.462 e. The number of anilines is 1. The maximum atomic E-state index is 12.6. The lowest BCUT2D eigenvalue weighted by Gasteiger charge is -2.06. The van der Waals surface area contributed by atoms with Crippen LogP contribution in [0.1, 0.15) is 67.0 Å². The molecule has 0 atom stereocenters. The zero-order valence-corrected chi connectivity index (χ0v) is 19.3. The third-order valence-corrected chi connectivity index (χ3v) is 5.94. The minimum atomic E-state index is -0.669. The van der Waals surface area contributed by atoms with E-state index in [-0.39, 0.29) is 37.2 Å². The molecule has 10 nitrogen and oxygen atoms in total. The number of H-pyrrole nitrogens is 1. The number of aryl methyl sites for hydroxylation is 2. The summed E-state index contributed by atoms with van der Waals surface area (Å²) < 4.78 is 15.4. The molecule has 0 bridgehead atoms. The van der Waals surface area contributed by atoms with Crippen molar-refractivity contribution in [3.8, 4) is 0 Å². The molecule has 0 fully saturated rings. The molecule has 3 N–H and O–H groups in total. The first-order valence-corrected chi connectivity index (χ1v) is 10.8. The Morgan fingerprint density at radius 1 is 0.938 bits per heavy atom. The van der Waals surface area contributed by atoms with Gasteiger partial charge in [-0.1, -0.05) is 0 Å². The Balaban J connectivity index is 1.82. The topological polar surface area (TPSA) is 146 Å². The molecule has 0 aliphatic heterocycles. The Labute approximate surface area is 188 Å². The van der Waals surface area contributed by atoms with Crippen LogP contribution < -0.4 is 5.73 Å². The summed E-state index contributed by atoms with van der Waals surface area (Å²) >= 11 is 1.14. The summed E-state index contributed by atoms with van der Waals surface area (Å²) in [5.41, 5.74) is 8.13. The quantitative estimate of drug-likeness (QED) is 0.400. The number of nitrogens with one attached hydrogen (secondary N) is 1. The molecule has 3 heterocycles. The predicted molar refractivity (Wildman–Crippen MR) is 118 cm³/mol. The number of rotatable bonds is 7. The number of nitrogens with two attached hydrogens (primary N) is 1. The first-order chi connectivity index (χ1) is 15.2. The Morgan fingerprint density at radius 3 is 2.25 bits per heavy atom. The third-order valence-electron chi connectivity index (χ3n) is 4.78. The zero-order valence-electron chi connectivity index (χ0n) is 18.5. The molecule has 3 rings (SSSR count). The minimum Gasteiger partial charge on any atom is -0.462 e. The molecule has 3 aromatic rings. The van der Waals surface area contributed by atoms with Gasteiger partial charge < -0.3 is 24.9 Å². The van der Waals surface area contributed by atoms with Crippen molar-refractivity contribution in [2.24, 2.45) is 0 Å². The van der Waals surface area contributed by atoms with Gasteiger partial charge in [-0.25, -0.2) is 24.4 Å². The Bertz CT molecular complexity index is 1210. The van der Waals surface area contributed by atoms with Gasteiger partial charge in [0.15, 0.2) is 12.4 Å². The molecule has 0 spiro atoms. The molecule has 0 aromatic carbocycles. The van der Waals surface area contributed by atoms with Crippen LogP contribution >= 0.6 is 11.3 Å². The highest BCUT2D eigenvalue weighted by Crippen LogP contribution is 2.33. The van der Waals surface area contributed by atoms with Gasteiger partial charge in [-0.2, -0.15) is 0 Å². The van der Waals surface area contributed by atoms with Crippen molar-refractivity contribution in [1.82, 2.24) is 15.0 Å². The number of carbonyl (C=O) groups excluding carboxylic acids is 3. The molecule has 170 valence electrons. The molecule has 0 radical (unpaired) electrons. The standard InChI is InChI=1S/C21H24N4O6S/c1-6-29-19(26)13-9(3)15(23-11(13)5)20(27)31-8-12-24-17(22)14-10(4)16(21(28)30-7-2)32-18(14)25-12/h23H,6-8H2,1-5H3,(H2,22,24,25). The van der Waals surface area contributed by atoms with Crippen molar-refractivity contribution in [2.45, 2.75) is 41.2 Å². The van der Waals surface area contributed by atoms with Gasteiger partial charge in [0, 0.05) is 5.69 Å². The second-order valence-corrected chi connectivity index (χ2v) is 7.90. The SMILES string of the molecule is CCOC(=O)c1sc2nc(COC(=O)c3[nH]c(C)c(C(=O)OCC)c3C)nc(N)c2c1C. The van der Waals surface area contributed by atoms with Gasteiger partial charge in [0.25, 0.3) is 0 Å². The number of nitrogen functional groups attached to an aromatic ring is 1. The minimum absolute atomic E-state index is 0.149. The van der Waals surface area contributed by atoms with Gasteiger partial charge in [-0.05, 0) is 45.7 Å². The fourth-order valence-electron chi connectivity index (χ4n) is 3.34. The summed E-state index contributed by atoms with van der Waals surface area (Å²) in [5.74, 6) is -1.26. The lowest BCUT2D eigenvalue weighted by Crippen LogP contribution is -2.11. The van der Waals surface area contributed by atoms with Crippen LogP contribution in [0.3, 0.4) is 0 Å². The van der Waals surface area contributed by atoms with E-state index in [1.54, 1.807) is 34.6 Å². The molecule has 0 saturated heterocycles. The highest BCUT2D eigenvalue weighted by atomic mass is 32.1. The number of hydrogen-bond acceptors (Lipinski definition) is 10. The van der Waals surface area contributed by atoms with Gasteiger partial charge in [0.1, 0.15) is 21.2 Å². The summed E-state index contributed by atoms with van der Waals surface area (Å²) in [6, 6.07) is 0. The van der Waals surface area contributed by atoms with Crippen LogP contribution in [-0.4, -0.2) is 46.1 Å². The average molecular weight is 461 g/mol. The van der Waals surface area contributed by atoms with E-state index in [2.05, 4.69) is 15.0 Å². The Hall–Kier alpha value is -3.47. The number of esters is 3. The van der Waals surface area contributed by atoms with Crippen LogP contribution in [0.4, 0.5) is 5.82 Å². The van der Waals surface area contributed by atoms with E-state index in [9.17, 15) is 14.4 Å². The molecule has 0 amide bonds. The summed E-state index contributed by atoms with van der Waals surface area (Å²) in [6.07, 6.45) is 0. The van der Waals surface area contributed by atoms with Crippen LogP contribution in [0.2, 0.25) is 0 Å². The van der Waals surface area contributed by atoms with Gasteiger partial charge in [0.2, 0.25) is 0 Å². The van der Waals surface area contributed by atoms with Crippen LogP contribution in [-0.2, 0) is 20.8 Å². The first kappa shape index (κ1) is 23.2. The van der Waals surface area contributed by atoms with Gasteiger partial charge in [0.05, 0.1) is 24.2 Å². The fourth-order valence-corrected chi connectivity index (χ4v) is 4.44. The maximum Gasteiger partial charge on any atom is 0.355 e. The van der Waals surface area contributed by atoms with Gasteiger partial charge >= 0.3 is 17.9 Å². The van der Waals surface area contributed by atoms with Crippen LogP contribution in [0, 0.1) is 20.8 Å². The van der Waals surface area contributed by atoms with E-state index >= 15 is 0 Å². The molecule has 11 heteroatoms. The normalized spacial score (nSPS) is 10.9. The van der Waals surface area contributed by atoms with Gasteiger partial charge in [-0.3, -0.25) is 0 Å². The maximum absolute atomic E-state index is 12.6. The second kappa shape index (κ2) is 9.35. The summed E-state index contributed by atoms with van der Waals surface area (Å²) in [6.45, 7) is 8.74. The molecule has 0 aliphatic carbocycles. The van der Waals surface area contributed by atoms with Crippen LogP contribution in [0.5, 0.6) is 0 Å². The van der Waals surface area contributed by atoms with E-state index in [1.807, 2.05) is 0 Å². The first-order valence-electron chi connectivity index (χ1n) is 9.95. The zero-order chi connectivity index (χ0) is 23.6. The number of hydrogen-bond donors (Lipinski definition) is 2. The smallest absolute Gasteiger partial charge is 0.355 e. The molecule has 0 saturated carbocycles. The van der Waals surface area contributed by atoms with E-state index < -0.39 is 17.9 Å². The molecule has 0 aliphatic rings. The third kappa shape index (κ3) is 4.28. The lowest BCUT2D eigenvalue weighted by molar-refractivity contribution is 0.0454. The number of aromatic nitrogens is 3. The highest BCUT2D eigenvalue weighted by Gasteiger charge is 2.25. The van der Waals surface area contributed by atoms with Crippen molar-refractivity contribution in [1.29, 1.82) is 0 Å². The van der Waals surface area contributed by atoms with Crippen molar-refractivity contribution in [3.63, 3.8) is 0 Å². The Morgan fingerprint density at radius 2 is 1.59 bits per heavy atom. The number of carbonyl (C=O) groups is 3. The summed E-state index contributed by atoms with van der Waals surface area (Å²) in [5, 5.41) is 0.572. The monoisotopic (exact) mass is 460 g/mol. The molecular formula is C21H24N4O6S. The van der Waals surface area contributed by atoms with Crippen molar-refractivity contribution >= 4 is 45.3 Å². The van der Waals surface area contributed by atoms with Crippen molar-refractivity contribution in [2.75, 3.05) is 18.9 Å². The summed E-state index contributed by atoms with van der Waals surface area (Å²) in [4.78, 5) is 49.2. The number of fused-ring (bicyclic) bond motifs is 1. The van der Waals surface area contributed by atoms with Gasteiger partial charge in [-0.15, -0.1) is 11.3 Å². The number of ether oxygens (including phenoxy) is 3. The van der Waals surface area contributed by atoms with Crippen LogP contribution in [0.15, 0.2) is 0 Å².